The maximum atomic E-state index is 10.6. The van der Waals surface area contributed by atoms with Gasteiger partial charge in [0.05, 0.1) is 15.5 Å². The van der Waals surface area contributed by atoms with Crippen LogP contribution in [0.3, 0.4) is 0 Å². The number of carbonyl (C=O) groups is 1. The van der Waals surface area contributed by atoms with Crippen LogP contribution >= 0.6 is 11.6 Å². The van der Waals surface area contributed by atoms with Crippen molar-refractivity contribution in [1.29, 1.82) is 0 Å². The zero-order valence-corrected chi connectivity index (χ0v) is 8.21. The summed E-state index contributed by atoms with van der Waals surface area (Å²) >= 11 is 5.48. The second-order valence-electron chi connectivity index (χ2n) is 2.42. The Morgan fingerprint density at radius 1 is 1.36 bits per heavy atom. The third-order valence-corrected chi connectivity index (χ3v) is 2.65. The first-order valence-corrected chi connectivity index (χ1v) is 5.14. The van der Waals surface area contributed by atoms with Crippen LogP contribution in [-0.2, 0) is 10.1 Å². The third kappa shape index (κ3) is 2.22. The third-order valence-electron chi connectivity index (χ3n) is 1.47. The first-order chi connectivity index (χ1) is 6.32. The quantitative estimate of drug-likeness (QED) is 0.755. The molecule has 0 radical (unpaired) electrons. The van der Waals surface area contributed by atoms with Crippen molar-refractivity contribution in [2.45, 2.75) is 4.90 Å². The molecule has 0 heterocycles. The molecule has 0 aromatic heterocycles. The first-order valence-electron chi connectivity index (χ1n) is 3.32. The fourth-order valence-corrected chi connectivity index (χ4v) is 1.53. The molecule has 0 aliphatic heterocycles. The van der Waals surface area contributed by atoms with E-state index in [1.165, 1.54) is 0 Å². The van der Waals surface area contributed by atoms with Crippen LogP contribution in [0.15, 0.2) is 23.1 Å². The minimum Gasteiger partial charge on any atom is -0.478 e. The van der Waals surface area contributed by atoms with Crippen LogP contribution in [0.25, 0.3) is 0 Å². The van der Waals surface area contributed by atoms with E-state index in [1.54, 1.807) is 0 Å². The van der Waals surface area contributed by atoms with E-state index in [1.807, 2.05) is 0 Å². The summed E-state index contributed by atoms with van der Waals surface area (Å²) in [4.78, 5) is 10.0. The monoisotopic (exact) mass is 236 g/mol. The zero-order chi connectivity index (χ0) is 10.9. The van der Waals surface area contributed by atoms with E-state index in [0.717, 1.165) is 18.2 Å². The molecule has 5 nitrogen and oxygen atoms in total. The van der Waals surface area contributed by atoms with Crippen molar-refractivity contribution < 1.29 is 22.9 Å². The Labute approximate surface area is 84.7 Å². The summed E-state index contributed by atoms with van der Waals surface area (Å²) in [5, 5.41) is 8.50. The lowest BCUT2D eigenvalue weighted by atomic mass is 10.2. The molecule has 0 saturated heterocycles. The molecule has 76 valence electrons. The average Bonchev–Trinajstić information content (AvgIpc) is 2.02. The van der Waals surface area contributed by atoms with Crippen LogP contribution in [-0.4, -0.2) is 24.0 Å². The Bertz CT molecular complexity index is 479. The van der Waals surface area contributed by atoms with E-state index < -0.39 is 21.0 Å². The summed E-state index contributed by atoms with van der Waals surface area (Å²) in [5.41, 5.74) is -0.373. The van der Waals surface area contributed by atoms with Crippen LogP contribution in [0, 0.1) is 0 Å². The van der Waals surface area contributed by atoms with Crippen molar-refractivity contribution in [3.8, 4) is 0 Å². The summed E-state index contributed by atoms with van der Waals surface area (Å²) < 4.78 is 29.9. The molecule has 1 aromatic carbocycles. The SMILES string of the molecule is O=C(O)c1cc(S(=O)(=O)O)ccc1Cl. The number of benzene rings is 1. The number of aromatic carboxylic acids is 1. The number of rotatable bonds is 2. The summed E-state index contributed by atoms with van der Waals surface area (Å²) in [7, 11) is -4.40. The number of halogens is 1. The van der Waals surface area contributed by atoms with Crippen LogP contribution in [0.4, 0.5) is 0 Å². The highest BCUT2D eigenvalue weighted by atomic mass is 35.5. The number of carboxylic acids is 1. The van der Waals surface area contributed by atoms with Crippen LogP contribution in [0.5, 0.6) is 0 Å². The molecule has 0 aliphatic carbocycles. The minimum absolute atomic E-state index is 0.0927. The molecule has 7 heteroatoms. The van der Waals surface area contributed by atoms with Crippen LogP contribution in [0.2, 0.25) is 5.02 Å². The maximum absolute atomic E-state index is 10.6. The second-order valence-corrected chi connectivity index (χ2v) is 4.25. The van der Waals surface area contributed by atoms with Gasteiger partial charge in [0.15, 0.2) is 0 Å². The fourth-order valence-electron chi connectivity index (χ4n) is 0.829. The molecular formula is C7H5ClO5S. The molecule has 0 fully saturated rings. The van der Waals surface area contributed by atoms with Gasteiger partial charge in [0, 0.05) is 0 Å². The molecule has 0 bridgehead atoms. The van der Waals surface area contributed by atoms with Gasteiger partial charge in [0.1, 0.15) is 0 Å². The topological polar surface area (TPSA) is 91.7 Å². The van der Waals surface area contributed by atoms with Gasteiger partial charge in [-0.05, 0) is 18.2 Å². The molecule has 0 aliphatic rings. The smallest absolute Gasteiger partial charge is 0.337 e. The summed E-state index contributed by atoms with van der Waals surface area (Å²) in [6.45, 7) is 0. The highest BCUT2D eigenvalue weighted by molar-refractivity contribution is 7.85. The Morgan fingerprint density at radius 3 is 2.36 bits per heavy atom. The highest BCUT2D eigenvalue weighted by Crippen LogP contribution is 2.20. The first kappa shape index (κ1) is 11.0. The minimum atomic E-state index is -4.40. The lowest BCUT2D eigenvalue weighted by Gasteiger charge is -2.00. The van der Waals surface area contributed by atoms with E-state index in [2.05, 4.69) is 0 Å². The molecule has 0 unspecified atom stereocenters. The predicted molar refractivity (Wildman–Crippen MR) is 48.2 cm³/mol. The zero-order valence-electron chi connectivity index (χ0n) is 6.64. The second kappa shape index (κ2) is 3.56. The number of hydrogen-bond acceptors (Lipinski definition) is 3. The van der Waals surface area contributed by atoms with E-state index in [9.17, 15) is 13.2 Å². The van der Waals surface area contributed by atoms with E-state index in [-0.39, 0.29) is 10.6 Å². The molecule has 0 atom stereocenters. The van der Waals surface area contributed by atoms with Gasteiger partial charge in [0.2, 0.25) is 0 Å². The lowest BCUT2D eigenvalue weighted by molar-refractivity contribution is 0.0697. The predicted octanol–water partition coefficient (Wildman–Crippen LogP) is 1.28. The molecule has 0 saturated carbocycles. The van der Waals surface area contributed by atoms with Gasteiger partial charge in [0.25, 0.3) is 10.1 Å². The van der Waals surface area contributed by atoms with Crippen molar-refractivity contribution in [2.24, 2.45) is 0 Å². The Kier molecular flexibility index (Phi) is 2.79. The fraction of sp³-hybridized carbons (Fsp3) is 0. The normalized spacial score (nSPS) is 11.3. The molecular weight excluding hydrogens is 232 g/mol. The highest BCUT2D eigenvalue weighted by Gasteiger charge is 2.15. The molecule has 1 aromatic rings. The molecule has 0 amide bonds. The molecule has 2 N–H and O–H groups in total. The molecule has 1 rings (SSSR count). The van der Waals surface area contributed by atoms with E-state index in [0.29, 0.717) is 0 Å². The van der Waals surface area contributed by atoms with Gasteiger partial charge < -0.3 is 5.11 Å². The van der Waals surface area contributed by atoms with Crippen molar-refractivity contribution in [3.63, 3.8) is 0 Å². The molecule has 0 spiro atoms. The van der Waals surface area contributed by atoms with Gasteiger partial charge in [-0.15, -0.1) is 0 Å². The Morgan fingerprint density at radius 2 is 1.93 bits per heavy atom. The van der Waals surface area contributed by atoms with Gasteiger partial charge in [-0.2, -0.15) is 8.42 Å². The Hall–Kier alpha value is -1.11. The van der Waals surface area contributed by atoms with E-state index in [4.69, 9.17) is 21.3 Å². The van der Waals surface area contributed by atoms with Crippen LogP contribution < -0.4 is 0 Å². The number of carboxylic acid groups (broad SMARTS) is 1. The van der Waals surface area contributed by atoms with Crippen molar-refractivity contribution in [3.05, 3.63) is 28.8 Å². The Balaban J connectivity index is 3.42. The molecule has 14 heavy (non-hydrogen) atoms. The average molecular weight is 237 g/mol. The summed E-state index contributed by atoms with van der Waals surface area (Å²) in [5.74, 6) is -1.36. The van der Waals surface area contributed by atoms with Crippen molar-refractivity contribution >= 4 is 27.7 Å². The van der Waals surface area contributed by atoms with E-state index >= 15 is 0 Å². The lowest BCUT2D eigenvalue weighted by Crippen LogP contribution is -2.03. The number of hydrogen-bond donors (Lipinski definition) is 2. The maximum Gasteiger partial charge on any atom is 0.337 e. The van der Waals surface area contributed by atoms with Gasteiger partial charge in [-0.1, -0.05) is 11.6 Å². The van der Waals surface area contributed by atoms with Gasteiger partial charge >= 0.3 is 5.97 Å². The standard InChI is InChI=1S/C7H5ClO5S/c8-6-2-1-4(14(11,12)13)3-5(6)7(9)10/h1-3H,(H,9,10)(H,11,12,13). The largest absolute Gasteiger partial charge is 0.478 e. The van der Waals surface area contributed by atoms with Gasteiger partial charge in [-0.3, -0.25) is 4.55 Å². The summed E-state index contributed by atoms with van der Waals surface area (Å²) in [6.07, 6.45) is 0. The van der Waals surface area contributed by atoms with Crippen molar-refractivity contribution in [2.75, 3.05) is 0 Å². The summed E-state index contributed by atoms with van der Waals surface area (Å²) in [6, 6.07) is 2.90. The van der Waals surface area contributed by atoms with Gasteiger partial charge in [-0.25, -0.2) is 4.79 Å². The van der Waals surface area contributed by atoms with Crippen molar-refractivity contribution in [1.82, 2.24) is 0 Å². The van der Waals surface area contributed by atoms with Crippen LogP contribution in [0.1, 0.15) is 10.4 Å².